The standard InChI is InChI=1S/C7H5IN2O6S/c8-4-17(15,16)7-2-1-5(9(11)12)3-6(7)10(13)14/h1-3H,4H2. The topological polar surface area (TPSA) is 120 Å². The SMILES string of the molecule is O=[N+]([O-])c1ccc(S(=O)(=O)CI)c([N+](=O)[O-])c1. The molecule has 1 aromatic carbocycles. The Kier molecular flexibility index (Phi) is 3.98. The fraction of sp³-hybridized carbons (Fsp3) is 0.143. The molecule has 0 saturated heterocycles. The number of halogens is 1. The van der Waals surface area contributed by atoms with Gasteiger partial charge in [0, 0.05) is 6.07 Å². The minimum atomic E-state index is -3.79. The maximum Gasteiger partial charge on any atom is 0.294 e. The van der Waals surface area contributed by atoms with Crippen LogP contribution in [0.5, 0.6) is 0 Å². The lowest BCUT2D eigenvalue weighted by molar-refractivity contribution is -0.396. The maximum absolute atomic E-state index is 11.5. The van der Waals surface area contributed by atoms with Crippen LogP contribution in [0.25, 0.3) is 0 Å². The number of non-ortho nitro benzene ring substituents is 1. The van der Waals surface area contributed by atoms with E-state index in [1.807, 2.05) is 0 Å². The average molecular weight is 372 g/mol. The fourth-order valence-corrected chi connectivity index (χ4v) is 2.94. The van der Waals surface area contributed by atoms with Crippen molar-refractivity contribution >= 4 is 43.8 Å². The van der Waals surface area contributed by atoms with Crippen LogP contribution in [-0.4, -0.2) is 22.0 Å². The number of benzene rings is 1. The number of nitrogens with zero attached hydrogens (tertiary/aromatic N) is 2. The van der Waals surface area contributed by atoms with E-state index in [-0.39, 0.29) is 3.76 Å². The Hall–Kier alpha value is -1.30. The number of hydrogen-bond acceptors (Lipinski definition) is 6. The number of nitro groups is 2. The summed E-state index contributed by atoms with van der Waals surface area (Å²) in [5.74, 6) is 0. The quantitative estimate of drug-likeness (QED) is 0.343. The van der Waals surface area contributed by atoms with Gasteiger partial charge in [0.05, 0.1) is 15.9 Å². The van der Waals surface area contributed by atoms with E-state index in [0.717, 1.165) is 12.1 Å². The molecule has 0 aromatic heterocycles. The van der Waals surface area contributed by atoms with Crippen LogP contribution >= 0.6 is 22.6 Å². The molecule has 1 aromatic rings. The van der Waals surface area contributed by atoms with E-state index >= 15 is 0 Å². The van der Waals surface area contributed by atoms with Crippen molar-refractivity contribution in [2.75, 3.05) is 3.76 Å². The molecule has 0 unspecified atom stereocenters. The third-order valence-electron chi connectivity index (χ3n) is 1.83. The highest BCUT2D eigenvalue weighted by atomic mass is 127. The maximum atomic E-state index is 11.5. The summed E-state index contributed by atoms with van der Waals surface area (Å²) in [5, 5.41) is 21.1. The normalized spacial score (nSPS) is 11.1. The highest BCUT2D eigenvalue weighted by Gasteiger charge is 2.27. The largest absolute Gasteiger partial charge is 0.294 e. The van der Waals surface area contributed by atoms with E-state index in [1.165, 1.54) is 0 Å². The lowest BCUT2D eigenvalue weighted by atomic mass is 10.3. The van der Waals surface area contributed by atoms with Crippen molar-refractivity contribution in [3.63, 3.8) is 0 Å². The zero-order valence-corrected chi connectivity index (χ0v) is 11.0. The molecule has 92 valence electrons. The first kappa shape index (κ1) is 13.8. The van der Waals surface area contributed by atoms with E-state index in [0.29, 0.717) is 6.07 Å². The zero-order chi connectivity index (χ0) is 13.2. The number of rotatable bonds is 4. The van der Waals surface area contributed by atoms with Gasteiger partial charge in [-0.3, -0.25) is 20.2 Å². The molecule has 0 amide bonds. The molecule has 17 heavy (non-hydrogen) atoms. The first-order valence-electron chi connectivity index (χ1n) is 4.01. The Bertz CT molecular complexity index is 584. The summed E-state index contributed by atoms with van der Waals surface area (Å²) in [5.41, 5.74) is -1.31. The van der Waals surface area contributed by atoms with Gasteiger partial charge < -0.3 is 0 Å². The van der Waals surface area contributed by atoms with Gasteiger partial charge in [-0.05, 0) is 6.07 Å². The highest BCUT2D eigenvalue weighted by Crippen LogP contribution is 2.29. The molecule has 0 aliphatic heterocycles. The molecule has 8 nitrogen and oxygen atoms in total. The summed E-state index contributed by atoms with van der Waals surface area (Å²) in [6.45, 7) is 0. The highest BCUT2D eigenvalue weighted by molar-refractivity contribution is 14.1. The number of sulfone groups is 1. The van der Waals surface area contributed by atoms with Crippen LogP contribution < -0.4 is 0 Å². The lowest BCUT2D eigenvalue weighted by Gasteiger charge is -2.01. The van der Waals surface area contributed by atoms with Crippen molar-refractivity contribution in [1.82, 2.24) is 0 Å². The van der Waals surface area contributed by atoms with E-state index in [2.05, 4.69) is 0 Å². The molecular weight excluding hydrogens is 367 g/mol. The summed E-state index contributed by atoms with van der Waals surface area (Å²) in [6, 6.07) is 2.44. The van der Waals surface area contributed by atoms with Crippen molar-refractivity contribution in [3.05, 3.63) is 38.4 Å². The van der Waals surface area contributed by atoms with E-state index in [1.54, 1.807) is 22.6 Å². The third-order valence-corrected chi connectivity index (χ3v) is 5.59. The molecule has 10 heteroatoms. The van der Waals surface area contributed by atoms with Gasteiger partial charge in [-0.1, -0.05) is 22.6 Å². The Morgan fingerprint density at radius 1 is 1.18 bits per heavy atom. The average Bonchev–Trinajstić information content (AvgIpc) is 2.28. The minimum absolute atomic E-state index is 0.344. The van der Waals surface area contributed by atoms with Crippen LogP contribution in [0.2, 0.25) is 0 Å². The second-order valence-corrected chi connectivity index (χ2v) is 6.65. The van der Waals surface area contributed by atoms with Crippen LogP contribution in [0, 0.1) is 20.2 Å². The van der Waals surface area contributed by atoms with Crippen LogP contribution in [0.15, 0.2) is 23.1 Å². The van der Waals surface area contributed by atoms with Gasteiger partial charge in [0.2, 0.25) is 0 Å². The Balaban J connectivity index is 3.54. The molecule has 0 saturated carbocycles. The summed E-state index contributed by atoms with van der Waals surface area (Å²) in [6.07, 6.45) is 0. The zero-order valence-electron chi connectivity index (χ0n) is 8.07. The first-order valence-corrected chi connectivity index (χ1v) is 7.19. The minimum Gasteiger partial charge on any atom is -0.258 e. The molecule has 1 rings (SSSR count). The summed E-state index contributed by atoms with van der Waals surface area (Å²) in [4.78, 5) is 18.8. The predicted molar refractivity (Wildman–Crippen MR) is 65.8 cm³/mol. The molecular formula is C7H5IN2O6S. The number of hydrogen-bond donors (Lipinski definition) is 0. The van der Waals surface area contributed by atoms with Crippen molar-refractivity contribution in [3.8, 4) is 0 Å². The van der Waals surface area contributed by atoms with Crippen molar-refractivity contribution in [1.29, 1.82) is 0 Å². The lowest BCUT2D eigenvalue weighted by Crippen LogP contribution is -2.06. The van der Waals surface area contributed by atoms with Gasteiger partial charge in [0.25, 0.3) is 11.4 Å². The van der Waals surface area contributed by atoms with Crippen LogP contribution in [0.1, 0.15) is 0 Å². The molecule has 0 spiro atoms. The summed E-state index contributed by atoms with van der Waals surface area (Å²) in [7, 11) is -3.79. The van der Waals surface area contributed by atoms with Crippen molar-refractivity contribution in [2.45, 2.75) is 4.90 Å². The van der Waals surface area contributed by atoms with Gasteiger partial charge in [0.1, 0.15) is 8.66 Å². The van der Waals surface area contributed by atoms with Gasteiger partial charge in [-0.2, -0.15) is 0 Å². The molecule has 0 N–H and O–H groups in total. The second-order valence-electron chi connectivity index (χ2n) is 2.89. The third kappa shape index (κ3) is 2.88. The summed E-state index contributed by atoms with van der Waals surface area (Å²) >= 11 is 1.55. The van der Waals surface area contributed by atoms with Crippen LogP contribution in [0.4, 0.5) is 11.4 Å². The predicted octanol–water partition coefficient (Wildman–Crippen LogP) is 1.67. The number of alkyl halides is 1. The Morgan fingerprint density at radius 2 is 1.76 bits per heavy atom. The molecule has 0 aliphatic rings. The molecule has 0 atom stereocenters. The second kappa shape index (κ2) is 4.91. The monoisotopic (exact) mass is 372 g/mol. The fourth-order valence-electron chi connectivity index (χ4n) is 1.08. The number of nitro benzene ring substituents is 2. The van der Waals surface area contributed by atoms with Gasteiger partial charge in [0.15, 0.2) is 9.84 Å². The molecule has 0 aliphatic carbocycles. The van der Waals surface area contributed by atoms with Crippen molar-refractivity contribution in [2.24, 2.45) is 0 Å². The van der Waals surface area contributed by atoms with Crippen LogP contribution in [-0.2, 0) is 9.84 Å². The molecule has 0 fully saturated rings. The smallest absolute Gasteiger partial charge is 0.258 e. The van der Waals surface area contributed by atoms with Crippen LogP contribution in [0.3, 0.4) is 0 Å². The molecule has 0 radical (unpaired) electrons. The van der Waals surface area contributed by atoms with E-state index < -0.39 is 36.0 Å². The Morgan fingerprint density at radius 3 is 2.18 bits per heavy atom. The Labute approximate surface area is 109 Å². The molecule has 0 heterocycles. The van der Waals surface area contributed by atoms with Gasteiger partial charge in [-0.15, -0.1) is 0 Å². The van der Waals surface area contributed by atoms with Gasteiger partial charge >= 0.3 is 0 Å². The van der Waals surface area contributed by atoms with Crippen molar-refractivity contribution < 1.29 is 18.3 Å². The van der Waals surface area contributed by atoms with E-state index in [4.69, 9.17) is 0 Å². The first-order chi connectivity index (χ1) is 7.79. The molecule has 0 bridgehead atoms. The van der Waals surface area contributed by atoms with E-state index in [9.17, 15) is 28.6 Å². The van der Waals surface area contributed by atoms with Gasteiger partial charge in [-0.25, -0.2) is 8.42 Å². The summed E-state index contributed by atoms with van der Waals surface area (Å²) < 4.78 is 22.7.